The molecule has 0 aliphatic heterocycles. The SMILES string of the molecule is O=C(NC1CC1)[C@@H](Sc1nc2ccccc2c(=O)n1C1CC1)c1ccccc1. The van der Waals surface area contributed by atoms with E-state index in [-0.39, 0.29) is 23.6 Å². The lowest BCUT2D eigenvalue weighted by atomic mass is 10.1. The lowest BCUT2D eigenvalue weighted by Crippen LogP contribution is -2.30. The summed E-state index contributed by atoms with van der Waals surface area (Å²) in [5, 5.41) is 3.95. The van der Waals surface area contributed by atoms with Crippen molar-refractivity contribution in [1.82, 2.24) is 14.9 Å². The van der Waals surface area contributed by atoms with E-state index < -0.39 is 5.25 Å². The van der Waals surface area contributed by atoms with Gasteiger partial charge in [-0.25, -0.2) is 4.98 Å². The first kappa shape index (κ1) is 17.5. The number of para-hydroxylation sites is 1. The molecule has 1 amide bonds. The molecule has 2 saturated carbocycles. The summed E-state index contributed by atoms with van der Waals surface area (Å²) in [6.45, 7) is 0. The van der Waals surface area contributed by atoms with Crippen molar-refractivity contribution in [2.75, 3.05) is 0 Å². The van der Waals surface area contributed by atoms with Crippen molar-refractivity contribution in [3.8, 4) is 0 Å². The number of thioether (sulfide) groups is 1. The Morgan fingerprint density at radius 1 is 1.04 bits per heavy atom. The van der Waals surface area contributed by atoms with Crippen LogP contribution >= 0.6 is 11.8 Å². The van der Waals surface area contributed by atoms with Gasteiger partial charge in [-0.05, 0) is 43.4 Å². The molecule has 6 heteroatoms. The van der Waals surface area contributed by atoms with Crippen LogP contribution in [-0.2, 0) is 4.79 Å². The lowest BCUT2D eigenvalue weighted by molar-refractivity contribution is -0.120. The van der Waals surface area contributed by atoms with Gasteiger partial charge >= 0.3 is 0 Å². The van der Waals surface area contributed by atoms with Crippen LogP contribution in [0.5, 0.6) is 0 Å². The summed E-state index contributed by atoms with van der Waals surface area (Å²) in [5.74, 6) is -0.0107. The van der Waals surface area contributed by atoms with Gasteiger partial charge in [0.25, 0.3) is 5.56 Å². The van der Waals surface area contributed by atoms with Gasteiger partial charge in [-0.1, -0.05) is 54.2 Å². The third-order valence-electron chi connectivity index (χ3n) is 5.17. The van der Waals surface area contributed by atoms with Crippen LogP contribution in [0.3, 0.4) is 0 Å². The zero-order valence-electron chi connectivity index (χ0n) is 15.4. The Morgan fingerprint density at radius 3 is 2.46 bits per heavy atom. The van der Waals surface area contributed by atoms with Gasteiger partial charge in [0.2, 0.25) is 5.91 Å². The maximum absolute atomic E-state index is 13.1. The van der Waals surface area contributed by atoms with Gasteiger partial charge in [-0.2, -0.15) is 0 Å². The number of carbonyl (C=O) groups is 1. The smallest absolute Gasteiger partial charge is 0.262 e. The van der Waals surface area contributed by atoms with Crippen LogP contribution in [0.2, 0.25) is 0 Å². The standard InChI is InChI=1S/C22H21N3O2S/c26-20(23-15-10-11-15)19(14-6-2-1-3-7-14)28-22-24-18-9-5-4-8-17(18)21(27)25(22)16-12-13-16/h1-9,15-16,19H,10-13H2,(H,23,26)/t19-/m0/s1. The minimum Gasteiger partial charge on any atom is -0.352 e. The monoisotopic (exact) mass is 391 g/mol. The first-order chi connectivity index (χ1) is 13.7. The van der Waals surface area contributed by atoms with Crippen LogP contribution < -0.4 is 10.9 Å². The summed E-state index contributed by atoms with van der Waals surface area (Å²) < 4.78 is 1.80. The first-order valence-corrected chi connectivity index (χ1v) is 10.6. The highest BCUT2D eigenvalue weighted by molar-refractivity contribution is 8.00. The van der Waals surface area contributed by atoms with Gasteiger partial charge in [-0.3, -0.25) is 14.2 Å². The summed E-state index contributed by atoms with van der Waals surface area (Å²) in [5.41, 5.74) is 1.60. The number of carbonyl (C=O) groups excluding carboxylic acids is 1. The molecule has 1 atom stereocenters. The molecule has 0 spiro atoms. The van der Waals surface area contributed by atoms with Gasteiger partial charge in [0, 0.05) is 12.1 Å². The number of fused-ring (bicyclic) bond motifs is 1. The molecule has 0 bridgehead atoms. The Hall–Kier alpha value is -2.60. The highest BCUT2D eigenvalue weighted by Crippen LogP contribution is 2.41. The van der Waals surface area contributed by atoms with E-state index in [0.717, 1.165) is 31.2 Å². The molecule has 2 fully saturated rings. The van der Waals surface area contributed by atoms with E-state index in [9.17, 15) is 9.59 Å². The minimum absolute atomic E-state index is 0.00925. The molecule has 1 N–H and O–H groups in total. The van der Waals surface area contributed by atoms with E-state index in [1.807, 2.05) is 54.6 Å². The molecule has 5 rings (SSSR count). The molecule has 142 valence electrons. The Kier molecular flexibility index (Phi) is 4.43. The Morgan fingerprint density at radius 2 is 1.75 bits per heavy atom. The Bertz CT molecular complexity index is 1090. The molecule has 0 unspecified atom stereocenters. The van der Waals surface area contributed by atoms with Crippen molar-refractivity contribution in [3.05, 3.63) is 70.5 Å². The van der Waals surface area contributed by atoms with Gasteiger partial charge < -0.3 is 5.32 Å². The Labute approximate surface area is 167 Å². The molecular formula is C22H21N3O2S. The van der Waals surface area contributed by atoms with E-state index in [4.69, 9.17) is 4.98 Å². The molecule has 2 aromatic carbocycles. The first-order valence-electron chi connectivity index (χ1n) is 9.74. The van der Waals surface area contributed by atoms with E-state index in [1.54, 1.807) is 4.57 Å². The van der Waals surface area contributed by atoms with Gasteiger partial charge in [0.15, 0.2) is 5.16 Å². The van der Waals surface area contributed by atoms with Crippen LogP contribution in [0.4, 0.5) is 0 Å². The van der Waals surface area contributed by atoms with Gasteiger partial charge in [0.1, 0.15) is 5.25 Å². The van der Waals surface area contributed by atoms with Crippen molar-refractivity contribution in [3.63, 3.8) is 0 Å². The van der Waals surface area contributed by atoms with Crippen molar-refractivity contribution >= 4 is 28.6 Å². The number of nitrogens with zero attached hydrogens (tertiary/aromatic N) is 2. The predicted octanol–water partition coefficient (Wildman–Crippen LogP) is 3.84. The van der Waals surface area contributed by atoms with Crippen LogP contribution in [0, 0.1) is 0 Å². The largest absolute Gasteiger partial charge is 0.352 e. The van der Waals surface area contributed by atoms with Gasteiger partial charge in [-0.15, -0.1) is 0 Å². The third kappa shape index (κ3) is 3.44. The number of benzene rings is 2. The number of nitrogens with one attached hydrogen (secondary N) is 1. The van der Waals surface area contributed by atoms with Crippen LogP contribution in [0.1, 0.15) is 42.5 Å². The lowest BCUT2D eigenvalue weighted by Gasteiger charge is -2.19. The summed E-state index contributed by atoms with van der Waals surface area (Å²) in [6, 6.07) is 17.7. The normalized spacial score (nSPS) is 17.4. The van der Waals surface area contributed by atoms with Crippen molar-refractivity contribution in [2.24, 2.45) is 0 Å². The van der Waals surface area contributed by atoms with Crippen molar-refractivity contribution in [1.29, 1.82) is 0 Å². The van der Waals surface area contributed by atoms with Crippen LogP contribution in [0.25, 0.3) is 10.9 Å². The predicted molar refractivity (Wildman–Crippen MR) is 110 cm³/mol. The summed E-state index contributed by atoms with van der Waals surface area (Å²) in [7, 11) is 0. The zero-order valence-corrected chi connectivity index (χ0v) is 16.2. The number of hydrogen-bond acceptors (Lipinski definition) is 4. The average Bonchev–Trinajstić information content (AvgIpc) is 3.62. The second-order valence-electron chi connectivity index (χ2n) is 7.51. The number of rotatable bonds is 6. The fourth-order valence-electron chi connectivity index (χ4n) is 3.37. The molecule has 0 saturated heterocycles. The second-order valence-corrected chi connectivity index (χ2v) is 8.58. The zero-order chi connectivity index (χ0) is 19.1. The summed E-state index contributed by atoms with van der Waals surface area (Å²) in [4.78, 5) is 30.9. The second kappa shape index (κ2) is 7.09. The molecule has 2 aliphatic rings. The molecule has 3 aromatic rings. The van der Waals surface area contributed by atoms with Crippen molar-refractivity contribution < 1.29 is 4.79 Å². The number of aromatic nitrogens is 2. The topological polar surface area (TPSA) is 64.0 Å². The van der Waals surface area contributed by atoms with E-state index in [1.165, 1.54) is 11.8 Å². The quantitative estimate of drug-likeness (QED) is 0.512. The van der Waals surface area contributed by atoms with Crippen LogP contribution in [-0.4, -0.2) is 21.5 Å². The van der Waals surface area contributed by atoms with E-state index in [2.05, 4.69) is 5.32 Å². The highest BCUT2D eigenvalue weighted by Gasteiger charge is 2.33. The highest BCUT2D eigenvalue weighted by atomic mass is 32.2. The molecule has 0 radical (unpaired) electrons. The van der Waals surface area contributed by atoms with Crippen molar-refractivity contribution in [2.45, 2.75) is 48.2 Å². The molecule has 1 heterocycles. The number of amides is 1. The fourth-order valence-corrected chi connectivity index (χ4v) is 4.55. The molecule has 1 aromatic heterocycles. The molecular weight excluding hydrogens is 370 g/mol. The molecule has 2 aliphatic carbocycles. The average molecular weight is 391 g/mol. The number of hydrogen-bond donors (Lipinski definition) is 1. The maximum atomic E-state index is 13.1. The summed E-state index contributed by atoms with van der Waals surface area (Å²) >= 11 is 1.38. The fraction of sp³-hybridized carbons (Fsp3) is 0.318. The Balaban J connectivity index is 1.58. The molecule has 28 heavy (non-hydrogen) atoms. The van der Waals surface area contributed by atoms with Crippen LogP contribution in [0.15, 0.2) is 64.5 Å². The van der Waals surface area contributed by atoms with E-state index >= 15 is 0 Å². The third-order valence-corrected chi connectivity index (χ3v) is 6.40. The van der Waals surface area contributed by atoms with Gasteiger partial charge in [0.05, 0.1) is 10.9 Å². The summed E-state index contributed by atoms with van der Waals surface area (Å²) in [6.07, 6.45) is 4.05. The minimum atomic E-state index is -0.431. The molecule has 5 nitrogen and oxygen atoms in total. The van der Waals surface area contributed by atoms with E-state index in [0.29, 0.717) is 16.1 Å². The maximum Gasteiger partial charge on any atom is 0.262 e.